The normalized spacial score (nSPS) is 12.3. The van der Waals surface area contributed by atoms with Crippen LogP contribution in [0.2, 0.25) is 0 Å². The van der Waals surface area contributed by atoms with Gasteiger partial charge in [-0.25, -0.2) is 15.0 Å². The second-order valence-corrected chi connectivity index (χ2v) is 7.03. The fraction of sp³-hybridized carbons (Fsp3) is 0.250. The van der Waals surface area contributed by atoms with E-state index in [2.05, 4.69) is 15.0 Å². The van der Waals surface area contributed by atoms with E-state index in [1.54, 1.807) is 34.7 Å². The van der Waals surface area contributed by atoms with Gasteiger partial charge in [-0.3, -0.25) is 4.79 Å². The molecule has 0 aliphatic rings. The van der Waals surface area contributed by atoms with Gasteiger partial charge in [0.2, 0.25) is 5.91 Å². The minimum atomic E-state index is -0.0582. The fourth-order valence-electron chi connectivity index (χ4n) is 2.04. The number of nitrogens with zero attached hydrogens (tertiary/aromatic N) is 4. The maximum absolute atomic E-state index is 12.4. The predicted molar refractivity (Wildman–Crippen MR) is 93.6 cm³/mol. The van der Waals surface area contributed by atoms with Crippen molar-refractivity contribution in [2.45, 2.75) is 18.1 Å². The summed E-state index contributed by atoms with van der Waals surface area (Å²) >= 11 is 2.97. The molecule has 1 atom stereocenters. The van der Waals surface area contributed by atoms with Crippen LogP contribution in [-0.2, 0) is 4.79 Å². The molecule has 23 heavy (non-hydrogen) atoms. The van der Waals surface area contributed by atoms with Crippen molar-refractivity contribution in [3.05, 3.63) is 47.7 Å². The fourth-order valence-corrected chi connectivity index (χ4v) is 3.83. The highest BCUT2D eigenvalue weighted by Gasteiger charge is 2.20. The first-order valence-corrected chi connectivity index (χ1v) is 8.96. The van der Waals surface area contributed by atoms with Crippen LogP contribution in [0.25, 0.3) is 10.2 Å². The van der Waals surface area contributed by atoms with Gasteiger partial charge in [-0.15, -0.1) is 11.3 Å². The van der Waals surface area contributed by atoms with Crippen LogP contribution in [0.1, 0.15) is 18.0 Å². The molecule has 0 N–H and O–H groups in total. The Labute approximate surface area is 142 Å². The zero-order chi connectivity index (χ0) is 16.2. The van der Waals surface area contributed by atoms with Gasteiger partial charge in [-0.05, 0) is 25.1 Å². The van der Waals surface area contributed by atoms with Gasteiger partial charge in [0.15, 0.2) is 5.16 Å². The largest absolute Gasteiger partial charge is 0.336 e. The van der Waals surface area contributed by atoms with Gasteiger partial charge in [0, 0.05) is 19.4 Å². The van der Waals surface area contributed by atoms with Crippen molar-refractivity contribution in [3.63, 3.8) is 0 Å². The second kappa shape index (κ2) is 7.06. The summed E-state index contributed by atoms with van der Waals surface area (Å²) < 4.78 is 1.14. The molecule has 3 rings (SSSR count). The first kappa shape index (κ1) is 15.9. The molecule has 5 nitrogen and oxygen atoms in total. The van der Waals surface area contributed by atoms with Crippen LogP contribution in [0, 0.1) is 0 Å². The maximum atomic E-state index is 12.4. The van der Waals surface area contributed by atoms with Gasteiger partial charge in [0.1, 0.15) is 5.01 Å². The highest BCUT2D eigenvalue weighted by molar-refractivity contribution is 7.99. The molecule has 0 aliphatic carbocycles. The Balaban J connectivity index is 1.66. The third-order valence-electron chi connectivity index (χ3n) is 3.51. The molecular formula is C16H16N4OS2. The minimum absolute atomic E-state index is 0.0363. The zero-order valence-corrected chi connectivity index (χ0v) is 14.5. The van der Waals surface area contributed by atoms with Crippen molar-refractivity contribution >= 4 is 39.2 Å². The number of fused-ring (bicyclic) bond motifs is 1. The van der Waals surface area contributed by atoms with Crippen molar-refractivity contribution in [1.82, 2.24) is 19.9 Å². The third kappa shape index (κ3) is 3.68. The molecule has 0 unspecified atom stereocenters. The lowest BCUT2D eigenvalue weighted by Gasteiger charge is -2.22. The van der Waals surface area contributed by atoms with Gasteiger partial charge in [0.25, 0.3) is 0 Å². The smallest absolute Gasteiger partial charge is 0.233 e. The van der Waals surface area contributed by atoms with Crippen molar-refractivity contribution in [3.8, 4) is 0 Å². The summed E-state index contributed by atoms with van der Waals surface area (Å²) in [4.78, 5) is 27.0. The first-order chi connectivity index (χ1) is 11.1. The third-order valence-corrected chi connectivity index (χ3v) is 5.58. The van der Waals surface area contributed by atoms with Gasteiger partial charge >= 0.3 is 0 Å². The second-order valence-electron chi connectivity index (χ2n) is 5.02. The summed E-state index contributed by atoms with van der Waals surface area (Å²) in [6, 6.07) is 9.72. The van der Waals surface area contributed by atoms with E-state index in [0.29, 0.717) is 10.9 Å². The molecule has 7 heteroatoms. The Morgan fingerprint density at radius 3 is 2.74 bits per heavy atom. The first-order valence-electron chi connectivity index (χ1n) is 7.16. The van der Waals surface area contributed by atoms with Crippen molar-refractivity contribution in [1.29, 1.82) is 0 Å². The number of hydrogen-bond acceptors (Lipinski definition) is 6. The summed E-state index contributed by atoms with van der Waals surface area (Å²) in [5.41, 5.74) is 0.979. The Hall–Kier alpha value is -1.99. The Kier molecular flexibility index (Phi) is 4.88. The van der Waals surface area contributed by atoms with E-state index in [9.17, 15) is 4.79 Å². The lowest BCUT2D eigenvalue weighted by Crippen LogP contribution is -2.31. The molecule has 0 fully saturated rings. The van der Waals surface area contributed by atoms with Crippen LogP contribution in [0.15, 0.2) is 47.9 Å². The number of benzene rings is 1. The van der Waals surface area contributed by atoms with Crippen molar-refractivity contribution in [2.75, 3.05) is 12.8 Å². The molecule has 3 aromatic rings. The van der Waals surface area contributed by atoms with Crippen LogP contribution >= 0.6 is 23.1 Å². The number of amides is 1. The standard InChI is InChI=1S/C16H16N4OS2/c1-11(15-19-12-6-3-4-7-13(12)23-15)20(2)14(21)10-22-16-17-8-5-9-18-16/h3-9,11H,10H2,1-2H3/t11-/m1/s1. The molecule has 2 heterocycles. The molecule has 2 aromatic heterocycles. The molecule has 0 saturated heterocycles. The number of carbonyl (C=O) groups is 1. The average Bonchev–Trinajstić information content (AvgIpc) is 3.03. The van der Waals surface area contributed by atoms with Crippen LogP contribution in [0.4, 0.5) is 0 Å². The topological polar surface area (TPSA) is 59.0 Å². The minimum Gasteiger partial charge on any atom is -0.336 e. The van der Waals surface area contributed by atoms with Crippen molar-refractivity contribution < 1.29 is 4.79 Å². The molecule has 0 radical (unpaired) electrons. The number of thiazole rings is 1. The molecule has 1 amide bonds. The van der Waals surface area contributed by atoms with E-state index < -0.39 is 0 Å². The van der Waals surface area contributed by atoms with Crippen LogP contribution in [-0.4, -0.2) is 38.6 Å². The van der Waals surface area contributed by atoms with Gasteiger partial charge in [0.05, 0.1) is 22.0 Å². The SMILES string of the molecule is C[C@H](c1nc2ccccc2s1)N(C)C(=O)CSc1ncccn1. The lowest BCUT2D eigenvalue weighted by atomic mass is 10.3. The zero-order valence-electron chi connectivity index (χ0n) is 12.8. The van der Waals surface area contributed by atoms with E-state index in [1.165, 1.54) is 11.8 Å². The molecule has 0 spiro atoms. The number of aromatic nitrogens is 3. The summed E-state index contributed by atoms with van der Waals surface area (Å²) in [6.45, 7) is 2.00. The quantitative estimate of drug-likeness (QED) is 0.524. The van der Waals surface area contributed by atoms with E-state index >= 15 is 0 Å². The highest BCUT2D eigenvalue weighted by atomic mass is 32.2. The molecule has 1 aromatic carbocycles. The molecule has 0 aliphatic heterocycles. The number of carbonyl (C=O) groups excluding carboxylic acids is 1. The molecular weight excluding hydrogens is 328 g/mol. The van der Waals surface area contributed by atoms with Crippen LogP contribution in [0.3, 0.4) is 0 Å². The highest BCUT2D eigenvalue weighted by Crippen LogP contribution is 2.29. The lowest BCUT2D eigenvalue weighted by molar-refractivity contribution is -0.128. The van der Waals surface area contributed by atoms with Gasteiger partial charge < -0.3 is 4.90 Å². The summed E-state index contributed by atoms with van der Waals surface area (Å²) in [5.74, 6) is 0.352. The van der Waals surface area contributed by atoms with E-state index in [0.717, 1.165) is 15.2 Å². The number of hydrogen-bond donors (Lipinski definition) is 0. The predicted octanol–water partition coefficient (Wildman–Crippen LogP) is 3.40. The Morgan fingerprint density at radius 1 is 1.26 bits per heavy atom. The monoisotopic (exact) mass is 344 g/mol. The summed E-state index contributed by atoms with van der Waals surface area (Å²) in [7, 11) is 1.81. The van der Waals surface area contributed by atoms with Crippen LogP contribution in [0.5, 0.6) is 0 Å². The van der Waals surface area contributed by atoms with Gasteiger partial charge in [-0.2, -0.15) is 0 Å². The maximum Gasteiger partial charge on any atom is 0.233 e. The van der Waals surface area contributed by atoms with E-state index in [1.807, 2.05) is 38.2 Å². The van der Waals surface area contributed by atoms with E-state index in [-0.39, 0.29) is 11.9 Å². The van der Waals surface area contributed by atoms with E-state index in [4.69, 9.17) is 0 Å². The Morgan fingerprint density at radius 2 is 2.00 bits per heavy atom. The molecule has 0 saturated carbocycles. The van der Waals surface area contributed by atoms with Crippen LogP contribution < -0.4 is 0 Å². The van der Waals surface area contributed by atoms with Crippen molar-refractivity contribution in [2.24, 2.45) is 0 Å². The average molecular weight is 344 g/mol. The van der Waals surface area contributed by atoms with Gasteiger partial charge in [-0.1, -0.05) is 23.9 Å². The number of thioether (sulfide) groups is 1. The molecule has 118 valence electrons. The number of para-hydroxylation sites is 1. The number of rotatable bonds is 5. The molecule has 0 bridgehead atoms. The summed E-state index contributed by atoms with van der Waals surface area (Å²) in [6.07, 6.45) is 3.35. The summed E-state index contributed by atoms with van der Waals surface area (Å²) in [5, 5.41) is 1.56. The Bertz CT molecular complexity index is 773.